The highest BCUT2D eigenvalue weighted by Gasteiger charge is 2.82. The number of aliphatic carboxylic acids is 2. The van der Waals surface area contributed by atoms with E-state index in [-0.39, 0.29) is 0 Å². The Morgan fingerprint density at radius 3 is 0.935 bits per heavy atom. The summed E-state index contributed by atoms with van der Waals surface area (Å²) in [5.74, 6) is -10.2. The molecule has 0 radical (unpaired) electrons. The molecule has 0 aromatic heterocycles. The van der Waals surface area contributed by atoms with E-state index < -0.39 is 118 Å². The summed E-state index contributed by atoms with van der Waals surface area (Å²) in [6, 6.07) is -8.40. The van der Waals surface area contributed by atoms with Crippen LogP contribution in [-0.4, -0.2) is 104 Å². The SMILES string of the molecule is CC(C)C[C@@H](C(=O)O)N1C(=O)NC(C(F)(F)F)(C(F)(F)F)C1=O.CC(C)C[C@H](C(=O)O)N1C(=O)NC(C(F)(F)F)(C(F)(F)F)C1=O. The van der Waals surface area contributed by atoms with Crippen molar-refractivity contribution >= 4 is 35.8 Å². The monoisotopic (exact) mass is 700 g/mol. The standard InChI is InChI=1S/2C11H12F6N2O4/c2*1-4(2)3-5(6(20)21)19-7(22)9(10(12,13)14,11(15,16)17)18-8(19)23/h2*4-5H,3H2,1-2H3,(H,18,23)(H,20,21)/t2*5-/m10/s1. The Balaban J connectivity index is 0.000000460. The molecule has 2 aliphatic heterocycles. The van der Waals surface area contributed by atoms with Crippen LogP contribution in [-0.2, 0) is 19.2 Å². The maximum Gasteiger partial charge on any atom is 0.429 e. The van der Waals surface area contributed by atoms with Crippen molar-refractivity contribution in [3.8, 4) is 0 Å². The summed E-state index contributed by atoms with van der Waals surface area (Å²) in [4.78, 5) is 67.8. The number of nitrogens with zero attached hydrogens (tertiary/aromatic N) is 2. The Kier molecular flexibility index (Phi) is 11.0. The van der Waals surface area contributed by atoms with Crippen LogP contribution in [0.3, 0.4) is 0 Å². The first-order valence-corrected chi connectivity index (χ1v) is 12.4. The van der Waals surface area contributed by atoms with Crippen LogP contribution in [0, 0.1) is 11.8 Å². The second-order valence-electron chi connectivity index (χ2n) is 10.7. The predicted octanol–water partition coefficient (Wildman–Crippen LogP) is 3.80. The van der Waals surface area contributed by atoms with E-state index in [9.17, 15) is 81.5 Å². The molecule has 6 amide bonds. The Morgan fingerprint density at radius 1 is 0.587 bits per heavy atom. The van der Waals surface area contributed by atoms with E-state index in [1.165, 1.54) is 27.7 Å². The Bertz CT molecular complexity index is 1120. The van der Waals surface area contributed by atoms with Gasteiger partial charge >= 0.3 is 59.8 Å². The fourth-order valence-electron chi connectivity index (χ4n) is 4.28. The normalized spacial score (nSPS) is 20.0. The highest BCUT2D eigenvalue weighted by Crippen LogP contribution is 2.48. The van der Waals surface area contributed by atoms with Crippen LogP contribution in [0.4, 0.5) is 62.3 Å². The quantitative estimate of drug-likeness (QED) is 0.219. The molecule has 0 saturated carbocycles. The Morgan fingerprint density at radius 2 is 0.804 bits per heavy atom. The number of amides is 6. The first kappa shape index (κ1) is 40.0. The summed E-state index contributed by atoms with van der Waals surface area (Å²) in [7, 11) is 0. The minimum Gasteiger partial charge on any atom is -0.480 e. The fraction of sp³-hybridized carbons (Fsp3) is 0.727. The van der Waals surface area contributed by atoms with Crippen LogP contribution in [0.5, 0.6) is 0 Å². The molecule has 46 heavy (non-hydrogen) atoms. The Labute approximate surface area is 249 Å². The summed E-state index contributed by atoms with van der Waals surface area (Å²) in [5.41, 5.74) is -10.3. The van der Waals surface area contributed by atoms with Crippen LogP contribution >= 0.6 is 0 Å². The number of hydrogen-bond acceptors (Lipinski definition) is 6. The smallest absolute Gasteiger partial charge is 0.429 e. The molecule has 0 bridgehead atoms. The molecule has 12 nitrogen and oxygen atoms in total. The molecule has 4 N–H and O–H groups in total. The van der Waals surface area contributed by atoms with Crippen LogP contribution in [0.2, 0.25) is 0 Å². The van der Waals surface area contributed by atoms with Gasteiger partial charge in [0.15, 0.2) is 0 Å². The van der Waals surface area contributed by atoms with E-state index in [0.29, 0.717) is 10.6 Å². The van der Waals surface area contributed by atoms with E-state index in [1.807, 2.05) is 0 Å². The number of imide groups is 2. The zero-order valence-corrected chi connectivity index (χ0v) is 23.5. The second-order valence-corrected chi connectivity index (χ2v) is 10.7. The number of carbonyl (C=O) groups excluding carboxylic acids is 4. The molecule has 2 rings (SSSR count). The molecular weight excluding hydrogens is 676 g/mol. The zero-order chi connectivity index (χ0) is 36.8. The molecule has 264 valence electrons. The molecular formula is C22H24F12N4O8. The van der Waals surface area contributed by atoms with E-state index in [0.717, 1.165) is 0 Å². The third-order valence-corrected chi connectivity index (χ3v) is 6.39. The number of urea groups is 2. The molecule has 2 atom stereocenters. The third-order valence-electron chi connectivity index (χ3n) is 6.39. The highest BCUT2D eigenvalue weighted by molar-refractivity contribution is 6.11. The number of halogens is 12. The van der Waals surface area contributed by atoms with E-state index in [1.54, 1.807) is 0 Å². The van der Waals surface area contributed by atoms with Gasteiger partial charge in [-0.2, -0.15) is 52.7 Å². The molecule has 2 fully saturated rings. The first-order chi connectivity index (χ1) is 20.3. The zero-order valence-electron chi connectivity index (χ0n) is 23.5. The maximum absolute atomic E-state index is 12.9. The first-order valence-electron chi connectivity index (χ1n) is 12.4. The average molecular weight is 700 g/mol. The molecule has 2 heterocycles. The average Bonchev–Trinajstić information content (AvgIpc) is 3.25. The van der Waals surface area contributed by atoms with Crippen LogP contribution in [0.15, 0.2) is 0 Å². The van der Waals surface area contributed by atoms with E-state index in [4.69, 9.17) is 10.2 Å². The van der Waals surface area contributed by atoms with E-state index in [2.05, 4.69) is 0 Å². The molecule has 0 unspecified atom stereocenters. The number of carbonyl (C=O) groups is 6. The summed E-state index contributed by atoms with van der Waals surface area (Å²) < 4.78 is 155. The van der Waals surface area contributed by atoms with Crippen molar-refractivity contribution in [1.82, 2.24) is 20.4 Å². The van der Waals surface area contributed by atoms with Crippen molar-refractivity contribution in [2.75, 3.05) is 0 Å². The van der Waals surface area contributed by atoms with Crippen molar-refractivity contribution in [2.24, 2.45) is 11.8 Å². The Hall–Kier alpha value is -4.02. The van der Waals surface area contributed by atoms with Crippen LogP contribution in [0.1, 0.15) is 40.5 Å². The summed E-state index contributed by atoms with van der Waals surface area (Å²) in [5, 5.41) is 19.1. The minimum absolute atomic E-state index is 0.500. The number of rotatable bonds is 8. The van der Waals surface area contributed by atoms with Gasteiger partial charge in [0, 0.05) is 0 Å². The number of carboxylic acid groups (broad SMARTS) is 2. The van der Waals surface area contributed by atoms with Gasteiger partial charge in [-0.1, -0.05) is 27.7 Å². The van der Waals surface area contributed by atoms with Gasteiger partial charge in [0.1, 0.15) is 12.1 Å². The van der Waals surface area contributed by atoms with Crippen LogP contribution in [0.25, 0.3) is 0 Å². The molecule has 24 heteroatoms. The lowest BCUT2D eigenvalue weighted by molar-refractivity contribution is -0.291. The molecule has 0 aromatic rings. The summed E-state index contributed by atoms with van der Waals surface area (Å²) in [6.45, 7) is 5.70. The predicted molar refractivity (Wildman–Crippen MR) is 122 cm³/mol. The number of carboxylic acids is 2. The lowest BCUT2D eigenvalue weighted by Gasteiger charge is -2.31. The lowest BCUT2D eigenvalue weighted by Crippen LogP contribution is -2.68. The second kappa shape index (κ2) is 12.6. The number of hydrogen-bond donors (Lipinski definition) is 4. The topological polar surface area (TPSA) is 173 Å². The van der Waals surface area contributed by atoms with Gasteiger partial charge in [0.25, 0.3) is 11.8 Å². The third kappa shape index (κ3) is 6.88. The summed E-state index contributed by atoms with van der Waals surface area (Å²) in [6.07, 6.45) is -25.7. The van der Waals surface area contributed by atoms with Gasteiger partial charge in [0.05, 0.1) is 0 Å². The van der Waals surface area contributed by atoms with Crippen molar-refractivity contribution in [2.45, 2.75) is 88.4 Å². The summed E-state index contributed by atoms with van der Waals surface area (Å²) >= 11 is 0. The van der Waals surface area contributed by atoms with Gasteiger partial charge in [-0.3, -0.25) is 9.59 Å². The molecule has 0 spiro atoms. The van der Waals surface area contributed by atoms with Gasteiger partial charge in [-0.15, -0.1) is 0 Å². The maximum atomic E-state index is 12.9. The van der Waals surface area contributed by atoms with Gasteiger partial charge in [0.2, 0.25) is 0 Å². The number of nitrogens with one attached hydrogen (secondary N) is 2. The lowest BCUT2D eigenvalue weighted by atomic mass is 9.96. The molecule has 2 aliphatic rings. The van der Waals surface area contributed by atoms with E-state index >= 15 is 0 Å². The highest BCUT2D eigenvalue weighted by atomic mass is 19.4. The van der Waals surface area contributed by atoms with Crippen molar-refractivity contribution in [3.05, 3.63) is 0 Å². The van der Waals surface area contributed by atoms with Crippen molar-refractivity contribution < 1.29 is 91.7 Å². The van der Waals surface area contributed by atoms with Crippen molar-refractivity contribution in [1.29, 1.82) is 0 Å². The number of alkyl halides is 12. The minimum atomic E-state index is -6.19. The molecule has 0 aliphatic carbocycles. The van der Waals surface area contributed by atoms with Crippen molar-refractivity contribution in [3.63, 3.8) is 0 Å². The van der Waals surface area contributed by atoms with Crippen LogP contribution < -0.4 is 10.6 Å². The van der Waals surface area contributed by atoms with Gasteiger partial charge in [-0.05, 0) is 24.7 Å². The van der Waals surface area contributed by atoms with Gasteiger partial charge in [-0.25, -0.2) is 29.0 Å². The van der Waals surface area contributed by atoms with Gasteiger partial charge < -0.3 is 20.8 Å². The molecule has 2 saturated heterocycles. The largest absolute Gasteiger partial charge is 0.480 e. The fourth-order valence-corrected chi connectivity index (χ4v) is 4.28. The molecule has 0 aromatic carbocycles.